The van der Waals surface area contributed by atoms with E-state index in [1.165, 1.54) is 0 Å². The van der Waals surface area contributed by atoms with E-state index in [2.05, 4.69) is 5.32 Å². The number of nitrogens with two attached hydrogens (primary N) is 1. The summed E-state index contributed by atoms with van der Waals surface area (Å²) in [5.41, 5.74) is 6.80. The highest BCUT2D eigenvalue weighted by Gasteiger charge is 2.17. The van der Waals surface area contributed by atoms with Crippen LogP contribution >= 0.6 is 0 Å². The molecule has 1 heterocycles. The molecule has 0 spiro atoms. The Morgan fingerprint density at radius 2 is 2.00 bits per heavy atom. The SMILES string of the molecule is Cc1oc(C)c(C(=O)NCCOCCN)c1C. The van der Waals surface area contributed by atoms with E-state index in [1.54, 1.807) is 6.92 Å². The molecule has 0 atom stereocenters. The highest BCUT2D eigenvalue weighted by molar-refractivity contribution is 5.96. The molecule has 0 aliphatic carbocycles. The molecule has 96 valence electrons. The summed E-state index contributed by atoms with van der Waals surface area (Å²) in [5.74, 6) is 1.32. The molecular formula is C12H20N2O3. The second-order valence-electron chi connectivity index (χ2n) is 3.87. The monoisotopic (exact) mass is 240 g/mol. The number of nitrogens with one attached hydrogen (secondary N) is 1. The van der Waals surface area contributed by atoms with Gasteiger partial charge >= 0.3 is 0 Å². The molecule has 0 aliphatic rings. The Hall–Kier alpha value is -1.33. The molecule has 0 radical (unpaired) electrons. The molecule has 1 aromatic heterocycles. The number of amides is 1. The van der Waals surface area contributed by atoms with Gasteiger partial charge < -0.3 is 20.2 Å². The topological polar surface area (TPSA) is 77.5 Å². The number of hydrogen-bond acceptors (Lipinski definition) is 4. The second kappa shape index (κ2) is 6.42. The fraction of sp³-hybridized carbons (Fsp3) is 0.583. The van der Waals surface area contributed by atoms with Crippen molar-refractivity contribution in [1.82, 2.24) is 5.32 Å². The van der Waals surface area contributed by atoms with Crippen LogP contribution in [0, 0.1) is 20.8 Å². The van der Waals surface area contributed by atoms with Gasteiger partial charge in [-0.2, -0.15) is 0 Å². The van der Waals surface area contributed by atoms with E-state index in [0.29, 0.717) is 37.6 Å². The lowest BCUT2D eigenvalue weighted by molar-refractivity contribution is 0.0918. The van der Waals surface area contributed by atoms with Crippen LogP contribution in [0.3, 0.4) is 0 Å². The normalized spacial score (nSPS) is 10.6. The third-order valence-corrected chi connectivity index (χ3v) is 2.58. The van der Waals surface area contributed by atoms with Crippen molar-refractivity contribution in [2.75, 3.05) is 26.3 Å². The van der Waals surface area contributed by atoms with E-state index in [-0.39, 0.29) is 5.91 Å². The van der Waals surface area contributed by atoms with Gasteiger partial charge in [0.2, 0.25) is 0 Å². The average molecular weight is 240 g/mol. The van der Waals surface area contributed by atoms with E-state index in [9.17, 15) is 4.79 Å². The maximum atomic E-state index is 11.9. The molecular weight excluding hydrogens is 220 g/mol. The van der Waals surface area contributed by atoms with Crippen molar-refractivity contribution in [1.29, 1.82) is 0 Å². The van der Waals surface area contributed by atoms with Crippen LogP contribution in [0.25, 0.3) is 0 Å². The zero-order chi connectivity index (χ0) is 12.8. The molecule has 1 amide bonds. The molecule has 0 aromatic carbocycles. The first-order chi connectivity index (χ1) is 8.07. The summed E-state index contributed by atoms with van der Waals surface area (Å²) in [6.45, 7) is 7.47. The molecule has 0 fully saturated rings. The molecule has 1 aromatic rings. The standard InChI is InChI=1S/C12H20N2O3/c1-8-9(2)17-10(3)11(8)12(15)14-5-7-16-6-4-13/h4-7,13H2,1-3H3,(H,14,15). The van der Waals surface area contributed by atoms with E-state index in [1.807, 2.05) is 13.8 Å². The number of aryl methyl sites for hydroxylation is 2. The summed E-state index contributed by atoms with van der Waals surface area (Å²) < 4.78 is 10.6. The Bertz CT molecular complexity index is 385. The Morgan fingerprint density at radius 1 is 1.29 bits per heavy atom. The highest BCUT2D eigenvalue weighted by Crippen LogP contribution is 2.20. The summed E-state index contributed by atoms with van der Waals surface area (Å²) >= 11 is 0. The van der Waals surface area contributed by atoms with Gasteiger partial charge in [0.05, 0.1) is 18.8 Å². The van der Waals surface area contributed by atoms with Gasteiger partial charge in [-0.3, -0.25) is 4.79 Å². The average Bonchev–Trinajstić information content (AvgIpc) is 2.53. The van der Waals surface area contributed by atoms with Crippen molar-refractivity contribution < 1.29 is 13.9 Å². The van der Waals surface area contributed by atoms with Gasteiger partial charge in [-0.15, -0.1) is 0 Å². The van der Waals surface area contributed by atoms with Crippen LogP contribution in [0.2, 0.25) is 0 Å². The molecule has 1 rings (SSSR count). The first kappa shape index (κ1) is 13.7. The van der Waals surface area contributed by atoms with Crippen LogP contribution in [0.1, 0.15) is 27.4 Å². The number of ether oxygens (including phenoxy) is 1. The van der Waals surface area contributed by atoms with Crippen molar-refractivity contribution in [2.45, 2.75) is 20.8 Å². The highest BCUT2D eigenvalue weighted by atomic mass is 16.5. The van der Waals surface area contributed by atoms with E-state index >= 15 is 0 Å². The quantitative estimate of drug-likeness (QED) is 0.724. The maximum absolute atomic E-state index is 11.9. The fourth-order valence-corrected chi connectivity index (χ4v) is 1.64. The molecule has 3 N–H and O–H groups in total. The van der Waals surface area contributed by atoms with Gasteiger partial charge in [-0.25, -0.2) is 0 Å². The van der Waals surface area contributed by atoms with Crippen LogP contribution in [0.5, 0.6) is 0 Å². The second-order valence-corrected chi connectivity index (χ2v) is 3.87. The molecule has 0 saturated carbocycles. The van der Waals surface area contributed by atoms with Crippen molar-refractivity contribution in [3.63, 3.8) is 0 Å². The van der Waals surface area contributed by atoms with Crippen molar-refractivity contribution in [3.05, 3.63) is 22.6 Å². The summed E-state index contributed by atoms with van der Waals surface area (Å²) in [4.78, 5) is 11.9. The van der Waals surface area contributed by atoms with E-state index < -0.39 is 0 Å². The summed E-state index contributed by atoms with van der Waals surface area (Å²) in [7, 11) is 0. The van der Waals surface area contributed by atoms with Crippen LogP contribution in [-0.2, 0) is 4.74 Å². The molecule has 0 saturated heterocycles. The number of hydrogen-bond donors (Lipinski definition) is 2. The lowest BCUT2D eigenvalue weighted by Gasteiger charge is -2.05. The molecule has 5 nitrogen and oxygen atoms in total. The van der Waals surface area contributed by atoms with Gasteiger partial charge in [-0.1, -0.05) is 0 Å². The number of rotatable bonds is 6. The molecule has 17 heavy (non-hydrogen) atoms. The lowest BCUT2D eigenvalue weighted by atomic mass is 10.1. The van der Waals surface area contributed by atoms with E-state index in [0.717, 1.165) is 11.3 Å². The predicted octanol–water partition coefficient (Wildman–Crippen LogP) is 0.910. The van der Waals surface area contributed by atoms with Gasteiger partial charge in [0.1, 0.15) is 11.5 Å². The Kier molecular flexibility index (Phi) is 5.18. The predicted molar refractivity (Wildman–Crippen MR) is 65.1 cm³/mol. The van der Waals surface area contributed by atoms with Crippen LogP contribution in [-0.4, -0.2) is 32.2 Å². The summed E-state index contributed by atoms with van der Waals surface area (Å²) in [6.07, 6.45) is 0. The first-order valence-corrected chi connectivity index (χ1v) is 5.70. The lowest BCUT2D eigenvalue weighted by Crippen LogP contribution is -2.28. The zero-order valence-corrected chi connectivity index (χ0v) is 10.6. The summed E-state index contributed by atoms with van der Waals surface area (Å²) in [5, 5.41) is 2.79. The minimum Gasteiger partial charge on any atom is -0.466 e. The third-order valence-electron chi connectivity index (χ3n) is 2.58. The van der Waals surface area contributed by atoms with Crippen LogP contribution < -0.4 is 11.1 Å². The Morgan fingerprint density at radius 3 is 2.53 bits per heavy atom. The maximum Gasteiger partial charge on any atom is 0.255 e. The third kappa shape index (κ3) is 3.57. The summed E-state index contributed by atoms with van der Waals surface area (Å²) in [6, 6.07) is 0. The molecule has 5 heteroatoms. The van der Waals surface area contributed by atoms with E-state index in [4.69, 9.17) is 14.9 Å². The van der Waals surface area contributed by atoms with Gasteiger partial charge in [0, 0.05) is 18.7 Å². The Balaban J connectivity index is 2.47. The zero-order valence-electron chi connectivity index (χ0n) is 10.6. The molecule has 0 aliphatic heterocycles. The largest absolute Gasteiger partial charge is 0.466 e. The molecule has 0 unspecified atom stereocenters. The van der Waals surface area contributed by atoms with Crippen molar-refractivity contribution in [3.8, 4) is 0 Å². The smallest absolute Gasteiger partial charge is 0.255 e. The van der Waals surface area contributed by atoms with Crippen LogP contribution in [0.4, 0.5) is 0 Å². The number of furan rings is 1. The number of carbonyl (C=O) groups is 1. The fourth-order valence-electron chi connectivity index (χ4n) is 1.64. The van der Waals surface area contributed by atoms with Gasteiger partial charge in [0.25, 0.3) is 5.91 Å². The molecule has 0 bridgehead atoms. The first-order valence-electron chi connectivity index (χ1n) is 5.70. The minimum absolute atomic E-state index is 0.117. The van der Waals surface area contributed by atoms with Crippen LogP contribution in [0.15, 0.2) is 4.42 Å². The van der Waals surface area contributed by atoms with Gasteiger partial charge in [-0.05, 0) is 20.8 Å². The van der Waals surface area contributed by atoms with Crippen molar-refractivity contribution in [2.24, 2.45) is 5.73 Å². The number of carbonyl (C=O) groups excluding carboxylic acids is 1. The minimum atomic E-state index is -0.117. The van der Waals surface area contributed by atoms with Gasteiger partial charge in [0.15, 0.2) is 0 Å². The van der Waals surface area contributed by atoms with Crippen molar-refractivity contribution >= 4 is 5.91 Å². The Labute approximate surface area is 101 Å².